The third kappa shape index (κ3) is 3.90. The van der Waals surface area contributed by atoms with Crippen molar-refractivity contribution < 1.29 is 17.2 Å². The van der Waals surface area contributed by atoms with Gasteiger partial charge in [0.1, 0.15) is 5.69 Å². The van der Waals surface area contributed by atoms with Crippen molar-refractivity contribution in [3.8, 4) is 11.8 Å². The lowest BCUT2D eigenvalue weighted by Gasteiger charge is -2.08. The topological polar surface area (TPSA) is 64.0 Å². The number of aromatic nitrogens is 2. The molecule has 0 aliphatic rings. The van der Waals surface area contributed by atoms with Crippen molar-refractivity contribution in [1.29, 1.82) is 0 Å². The maximum atomic E-state index is 14.2. The van der Waals surface area contributed by atoms with Crippen LogP contribution in [0.2, 0.25) is 0 Å². The molecule has 8 heteroatoms. The van der Waals surface area contributed by atoms with Crippen molar-refractivity contribution in [2.45, 2.75) is 5.03 Å². The molecular weight excluding hydrogens is 360 g/mol. The number of sulfonamides is 1. The van der Waals surface area contributed by atoms with Gasteiger partial charge in [0.15, 0.2) is 16.7 Å². The molecule has 0 bridgehead atoms. The molecule has 0 fully saturated rings. The van der Waals surface area contributed by atoms with Crippen LogP contribution in [0.1, 0.15) is 11.1 Å². The van der Waals surface area contributed by atoms with Gasteiger partial charge in [-0.25, -0.2) is 8.78 Å². The first-order valence-electron chi connectivity index (χ1n) is 7.44. The summed E-state index contributed by atoms with van der Waals surface area (Å²) < 4.78 is 55.9. The molecule has 3 rings (SSSR count). The first-order chi connectivity index (χ1) is 12.3. The van der Waals surface area contributed by atoms with E-state index in [0.29, 0.717) is 5.56 Å². The lowest BCUT2D eigenvalue weighted by Crippen LogP contribution is -2.16. The predicted molar refractivity (Wildman–Crippen MR) is 92.8 cm³/mol. The number of nitrogens with one attached hydrogen (secondary N) is 1. The summed E-state index contributed by atoms with van der Waals surface area (Å²) in [5.41, 5.74) is -0.00111. The molecule has 0 aliphatic carbocycles. The van der Waals surface area contributed by atoms with Crippen LogP contribution in [0.5, 0.6) is 0 Å². The SMILES string of the molecule is Cn1ccc(S(=O)(=O)Nc2c(F)cc(C#Cc3ccccc3)cc2F)n1. The van der Waals surface area contributed by atoms with Crippen molar-refractivity contribution in [1.82, 2.24) is 9.78 Å². The number of nitrogens with zero attached hydrogens (tertiary/aromatic N) is 2. The first kappa shape index (κ1) is 17.6. The Kier molecular flexibility index (Phi) is 4.73. The fourth-order valence-electron chi connectivity index (χ4n) is 2.13. The van der Waals surface area contributed by atoms with Crippen molar-refractivity contribution in [3.63, 3.8) is 0 Å². The fraction of sp³-hybridized carbons (Fsp3) is 0.0556. The van der Waals surface area contributed by atoms with Crippen molar-refractivity contribution >= 4 is 15.7 Å². The van der Waals surface area contributed by atoms with Gasteiger partial charge in [0, 0.05) is 24.4 Å². The Morgan fingerprint density at radius 2 is 1.62 bits per heavy atom. The van der Waals surface area contributed by atoms with Crippen LogP contribution in [-0.4, -0.2) is 18.2 Å². The van der Waals surface area contributed by atoms with E-state index in [1.54, 1.807) is 24.3 Å². The van der Waals surface area contributed by atoms with Gasteiger partial charge in [0.25, 0.3) is 10.0 Å². The largest absolute Gasteiger partial charge is 0.281 e. The zero-order chi connectivity index (χ0) is 18.7. The number of rotatable bonds is 3. The Balaban J connectivity index is 1.90. The van der Waals surface area contributed by atoms with Crippen LogP contribution in [0.25, 0.3) is 0 Å². The van der Waals surface area contributed by atoms with E-state index in [0.717, 1.165) is 12.1 Å². The van der Waals surface area contributed by atoms with E-state index < -0.39 is 27.3 Å². The van der Waals surface area contributed by atoms with Crippen molar-refractivity contribution in [2.24, 2.45) is 7.05 Å². The summed E-state index contributed by atoms with van der Waals surface area (Å²) in [4.78, 5) is 0. The Labute approximate surface area is 149 Å². The normalized spacial score (nSPS) is 10.9. The number of anilines is 1. The average Bonchev–Trinajstić information content (AvgIpc) is 3.05. The second-order valence-corrected chi connectivity index (χ2v) is 6.99. The standard InChI is InChI=1S/C18H13F2N3O2S/c1-23-10-9-17(21-23)26(24,25)22-18-15(19)11-14(12-16(18)20)8-7-13-5-3-2-4-6-13/h2-6,9-12,22H,1H3. The number of hydrogen-bond donors (Lipinski definition) is 1. The quantitative estimate of drug-likeness (QED) is 0.718. The molecule has 0 saturated carbocycles. The molecule has 1 aromatic heterocycles. The second kappa shape index (κ2) is 6.98. The summed E-state index contributed by atoms with van der Waals surface area (Å²) in [5, 5.41) is 3.38. The van der Waals surface area contributed by atoms with Crippen molar-refractivity contribution in [3.05, 3.63) is 77.5 Å². The number of hydrogen-bond acceptors (Lipinski definition) is 3. The second-order valence-electron chi connectivity index (χ2n) is 5.36. The Bertz CT molecular complexity index is 1090. The maximum Gasteiger partial charge on any atom is 0.281 e. The molecular formula is C18H13F2N3O2S. The molecule has 5 nitrogen and oxygen atoms in total. The molecule has 26 heavy (non-hydrogen) atoms. The number of aryl methyl sites for hydroxylation is 1. The van der Waals surface area contributed by atoms with E-state index in [4.69, 9.17) is 0 Å². The van der Waals surface area contributed by atoms with Gasteiger partial charge in [-0.05, 0) is 30.3 Å². The minimum absolute atomic E-state index is 0.0876. The van der Waals surface area contributed by atoms with Crippen LogP contribution >= 0.6 is 0 Å². The summed E-state index contributed by atoms with van der Waals surface area (Å²) in [6.45, 7) is 0. The van der Waals surface area contributed by atoms with Gasteiger partial charge in [-0.1, -0.05) is 30.0 Å². The van der Waals surface area contributed by atoms with Crippen LogP contribution in [0.3, 0.4) is 0 Å². The monoisotopic (exact) mass is 373 g/mol. The minimum atomic E-state index is -4.20. The Morgan fingerprint density at radius 1 is 1.00 bits per heavy atom. The van der Waals surface area contributed by atoms with E-state index in [-0.39, 0.29) is 10.6 Å². The smallest absolute Gasteiger partial charge is 0.274 e. The predicted octanol–water partition coefficient (Wildman–Crippen LogP) is 2.90. The van der Waals surface area contributed by atoms with Gasteiger partial charge in [0.05, 0.1) is 0 Å². The van der Waals surface area contributed by atoms with Gasteiger partial charge in [0.2, 0.25) is 0 Å². The summed E-state index contributed by atoms with van der Waals surface area (Å²) in [5.74, 6) is 3.29. The highest BCUT2D eigenvalue weighted by molar-refractivity contribution is 7.92. The highest BCUT2D eigenvalue weighted by Crippen LogP contribution is 2.23. The average molecular weight is 373 g/mol. The molecule has 0 radical (unpaired) electrons. The van der Waals surface area contributed by atoms with Crippen LogP contribution in [0.15, 0.2) is 59.8 Å². The third-order valence-electron chi connectivity index (χ3n) is 3.37. The molecule has 0 aliphatic heterocycles. The highest BCUT2D eigenvalue weighted by Gasteiger charge is 2.22. The van der Waals surface area contributed by atoms with E-state index >= 15 is 0 Å². The van der Waals surface area contributed by atoms with Gasteiger partial charge >= 0.3 is 0 Å². The van der Waals surface area contributed by atoms with E-state index in [2.05, 4.69) is 16.9 Å². The molecule has 1 heterocycles. The van der Waals surface area contributed by atoms with Crippen LogP contribution < -0.4 is 4.72 Å². The molecule has 0 spiro atoms. The summed E-state index contributed by atoms with van der Waals surface area (Å²) >= 11 is 0. The van der Waals surface area contributed by atoms with Crippen LogP contribution in [0, 0.1) is 23.5 Å². The van der Waals surface area contributed by atoms with Gasteiger partial charge < -0.3 is 0 Å². The molecule has 0 atom stereocenters. The van der Waals surface area contributed by atoms with E-state index in [9.17, 15) is 17.2 Å². The highest BCUT2D eigenvalue weighted by atomic mass is 32.2. The van der Waals surface area contributed by atoms with Crippen molar-refractivity contribution in [2.75, 3.05) is 4.72 Å². The first-order valence-corrected chi connectivity index (χ1v) is 8.92. The number of benzene rings is 2. The van der Waals surface area contributed by atoms with Crippen LogP contribution in [-0.2, 0) is 17.1 Å². The summed E-state index contributed by atoms with van der Waals surface area (Å²) in [6, 6.07) is 12.1. The molecule has 132 valence electrons. The summed E-state index contributed by atoms with van der Waals surface area (Å²) in [7, 11) is -2.68. The molecule has 0 unspecified atom stereocenters. The fourth-order valence-corrected chi connectivity index (χ4v) is 3.18. The van der Waals surface area contributed by atoms with E-state index in [1.165, 1.54) is 24.0 Å². The third-order valence-corrected chi connectivity index (χ3v) is 4.61. The molecule has 2 aromatic carbocycles. The van der Waals surface area contributed by atoms with E-state index in [1.807, 2.05) is 10.8 Å². The molecule has 0 saturated heterocycles. The van der Waals surface area contributed by atoms with Gasteiger partial charge in [-0.15, -0.1) is 0 Å². The number of halogens is 2. The maximum absolute atomic E-state index is 14.2. The lowest BCUT2D eigenvalue weighted by atomic mass is 10.1. The molecule has 3 aromatic rings. The zero-order valence-corrected chi connectivity index (χ0v) is 14.4. The Hall–Kier alpha value is -3.18. The molecule has 1 N–H and O–H groups in total. The van der Waals surface area contributed by atoms with Gasteiger partial charge in [-0.3, -0.25) is 9.40 Å². The molecule has 0 amide bonds. The zero-order valence-electron chi connectivity index (χ0n) is 13.6. The van der Waals surface area contributed by atoms with Gasteiger partial charge in [-0.2, -0.15) is 13.5 Å². The van der Waals surface area contributed by atoms with Crippen LogP contribution in [0.4, 0.5) is 14.5 Å². The Morgan fingerprint density at radius 3 is 2.19 bits per heavy atom. The summed E-state index contributed by atoms with van der Waals surface area (Å²) in [6.07, 6.45) is 1.41. The lowest BCUT2D eigenvalue weighted by molar-refractivity contribution is 0.579. The minimum Gasteiger partial charge on any atom is -0.274 e.